The van der Waals surface area contributed by atoms with Gasteiger partial charge in [-0.25, -0.2) is 0 Å². The van der Waals surface area contributed by atoms with Crippen LogP contribution in [-0.2, 0) is 4.43 Å². The normalized spacial score (nSPS) is 9.91. The van der Waals surface area contributed by atoms with Gasteiger partial charge in [-0.3, -0.25) is 0 Å². The van der Waals surface area contributed by atoms with Gasteiger partial charge in [0.05, 0.1) is 13.2 Å². The van der Waals surface area contributed by atoms with Crippen LogP contribution in [0.15, 0.2) is 12.3 Å². The third-order valence-electron chi connectivity index (χ3n) is 0.471. The molecule has 0 aromatic carbocycles. The van der Waals surface area contributed by atoms with Gasteiger partial charge in [-0.05, 0) is 21.1 Å². The molecule has 68 valence electrons. The van der Waals surface area contributed by atoms with Crippen LogP contribution in [0.1, 0.15) is 0 Å². The van der Waals surface area contributed by atoms with E-state index in [0.29, 0.717) is 6.61 Å². The molecular weight excluding hydrogens is 158 g/mol. The second kappa shape index (κ2) is 12.5. The van der Waals surface area contributed by atoms with Crippen LogP contribution in [0.5, 0.6) is 0 Å². The highest BCUT2D eigenvalue weighted by atomic mass is 28.2. The lowest BCUT2D eigenvalue weighted by molar-refractivity contribution is 0.208. The predicted molar refractivity (Wildman–Crippen MR) is 51.4 cm³/mol. The standard InChI is InChI=1S/C4H10O2Si.C3H9N/c1-2-7-6-4-3-5;1-4(2)3/h2,5H,1,3-4,7H2;1-3H3. The lowest BCUT2D eigenvalue weighted by atomic mass is 10.8. The van der Waals surface area contributed by atoms with E-state index in [1.807, 2.05) is 26.0 Å². The Bertz CT molecular complexity index is 76.1. The van der Waals surface area contributed by atoms with Gasteiger partial charge in [-0.2, -0.15) is 0 Å². The fourth-order valence-electron chi connectivity index (χ4n) is 0.231. The largest absolute Gasteiger partial charge is 0.417 e. The van der Waals surface area contributed by atoms with Gasteiger partial charge in [0.2, 0.25) is 0 Å². The van der Waals surface area contributed by atoms with Crippen LogP contribution in [0.3, 0.4) is 0 Å². The summed E-state index contributed by atoms with van der Waals surface area (Å²) in [5.41, 5.74) is 1.79. The molecule has 0 rings (SSSR count). The Morgan fingerprint density at radius 3 is 2.27 bits per heavy atom. The molecule has 0 radical (unpaired) electrons. The fraction of sp³-hybridized carbons (Fsp3) is 0.714. The molecule has 0 aliphatic rings. The van der Waals surface area contributed by atoms with Crippen molar-refractivity contribution in [2.24, 2.45) is 0 Å². The highest BCUT2D eigenvalue weighted by Crippen LogP contribution is 1.66. The van der Waals surface area contributed by atoms with Crippen LogP contribution in [0.2, 0.25) is 0 Å². The van der Waals surface area contributed by atoms with Crippen LogP contribution in [0.25, 0.3) is 0 Å². The van der Waals surface area contributed by atoms with Crippen molar-refractivity contribution in [3.05, 3.63) is 12.3 Å². The number of rotatable bonds is 4. The minimum Gasteiger partial charge on any atom is -0.417 e. The molecule has 0 fully saturated rings. The average molecular weight is 177 g/mol. The van der Waals surface area contributed by atoms with E-state index in [9.17, 15) is 0 Å². The highest BCUT2D eigenvalue weighted by molar-refractivity contribution is 6.33. The SMILES string of the molecule is C=C[SiH2]OCCO.CN(C)C. The molecule has 0 heterocycles. The molecule has 0 bridgehead atoms. The Labute approximate surface area is 71.6 Å². The molecule has 0 aromatic rings. The lowest BCUT2D eigenvalue weighted by Crippen LogP contribution is -2.00. The summed E-state index contributed by atoms with van der Waals surface area (Å²) in [6, 6.07) is 0. The first-order chi connectivity index (χ1) is 5.15. The Hall–Kier alpha value is -0.163. The fourth-order valence-corrected chi connectivity index (χ4v) is 0.694. The zero-order chi connectivity index (χ0) is 9.11. The molecular formula is C7H19NO2Si. The van der Waals surface area contributed by atoms with E-state index in [4.69, 9.17) is 9.53 Å². The zero-order valence-electron chi connectivity index (χ0n) is 7.71. The minimum absolute atomic E-state index is 0.126. The summed E-state index contributed by atoms with van der Waals surface area (Å²) in [6.45, 7) is 4.08. The van der Waals surface area contributed by atoms with Gasteiger partial charge in [0.25, 0.3) is 0 Å². The topological polar surface area (TPSA) is 32.7 Å². The van der Waals surface area contributed by atoms with E-state index in [1.165, 1.54) is 0 Å². The monoisotopic (exact) mass is 177 g/mol. The maximum absolute atomic E-state index is 8.16. The van der Waals surface area contributed by atoms with Crippen LogP contribution in [0, 0.1) is 0 Å². The average Bonchev–Trinajstić information content (AvgIpc) is 1.88. The molecule has 4 heteroatoms. The summed E-state index contributed by atoms with van der Waals surface area (Å²) in [6.07, 6.45) is 0. The van der Waals surface area contributed by atoms with Gasteiger partial charge < -0.3 is 14.4 Å². The third kappa shape index (κ3) is 41.0. The first-order valence-electron chi connectivity index (χ1n) is 3.55. The first-order valence-corrected chi connectivity index (χ1v) is 4.95. The molecule has 0 aliphatic carbocycles. The number of hydrogen-bond donors (Lipinski definition) is 1. The van der Waals surface area contributed by atoms with Crippen molar-refractivity contribution in [1.82, 2.24) is 4.90 Å². The Kier molecular flexibility index (Phi) is 15.3. The molecule has 0 saturated carbocycles. The maximum Gasteiger partial charge on any atom is 0.184 e. The predicted octanol–water partition coefficient (Wildman–Crippen LogP) is -0.600. The van der Waals surface area contributed by atoms with Crippen molar-refractivity contribution in [3.8, 4) is 0 Å². The molecule has 0 spiro atoms. The second-order valence-corrected chi connectivity index (χ2v) is 3.75. The quantitative estimate of drug-likeness (QED) is 0.460. The van der Waals surface area contributed by atoms with Crippen molar-refractivity contribution in [2.45, 2.75) is 0 Å². The summed E-state index contributed by atoms with van der Waals surface area (Å²) in [5, 5.41) is 8.16. The van der Waals surface area contributed by atoms with Gasteiger partial charge in [0.1, 0.15) is 0 Å². The maximum atomic E-state index is 8.16. The van der Waals surface area contributed by atoms with Crippen LogP contribution >= 0.6 is 0 Å². The van der Waals surface area contributed by atoms with Gasteiger partial charge in [0, 0.05) is 0 Å². The second-order valence-electron chi connectivity index (χ2n) is 2.43. The molecule has 0 aliphatic heterocycles. The van der Waals surface area contributed by atoms with Crippen molar-refractivity contribution in [3.63, 3.8) is 0 Å². The molecule has 0 aromatic heterocycles. The molecule has 1 N–H and O–H groups in total. The van der Waals surface area contributed by atoms with E-state index < -0.39 is 9.76 Å². The Morgan fingerprint density at radius 2 is 2.00 bits per heavy atom. The van der Waals surface area contributed by atoms with Crippen molar-refractivity contribution < 1.29 is 9.53 Å². The molecule has 0 saturated heterocycles. The van der Waals surface area contributed by atoms with Crippen LogP contribution in [0.4, 0.5) is 0 Å². The first kappa shape index (κ1) is 13.4. The summed E-state index contributed by atoms with van der Waals surface area (Å²) in [4.78, 5) is 2.00. The van der Waals surface area contributed by atoms with Gasteiger partial charge in [-0.15, -0.1) is 6.58 Å². The summed E-state index contributed by atoms with van der Waals surface area (Å²) in [7, 11) is 5.51. The van der Waals surface area contributed by atoms with E-state index in [2.05, 4.69) is 6.58 Å². The van der Waals surface area contributed by atoms with E-state index in [1.54, 1.807) is 5.70 Å². The molecule has 0 atom stereocenters. The number of aliphatic hydroxyl groups excluding tert-OH is 1. The molecule has 0 amide bonds. The summed E-state index contributed by atoms with van der Waals surface area (Å²) >= 11 is 0. The minimum atomic E-state index is -0.485. The van der Waals surface area contributed by atoms with E-state index in [-0.39, 0.29) is 6.61 Å². The van der Waals surface area contributed by atoms with Crippen LogP contribution in [-0.4, -0.2) is 54.1 Å². The van der Waals surface area contributed by atoms with E-state index in [0.717, 1.165) is 0 Å². The highest BCUT2D eigenvalue weighted by Gasteiger charge is 1.77. The molecule has 3 nitrogen and oxygen atoms in total. The van der Waals surface area contributed by atoms with Crippen LogP contribution < -0.4 is 0 Å². The van der Waals surface area contributed by atoms with Crippen molar-refractivity contribution in [2.75, 3.05) is 34.4 Å². The lowest BCUT2D eigenvalue weighted by Gasteiger charge is -1.92. The van der Waals surface area contributed by atoms with Crippen molar-refractivity contribution in [1.29, 1.82) is 0 Å². The molecule has 0 unspecified atom stereocenters. The van der Waals surface area contributed by atoms with E-state index >= 15 is 0 Å². The zero-order valence-corrected chi connectivity index (χ0v) is 9.12. The number of hydrogen-bond acceptors (Lipinski definition) is 3. The Balaban J connectivity index is 0. The van der Waals surface area contributed by atoms with Gasteiger partial charge in [0.15, 0.2) is 9.76 Å². The third-order valence-corrected chi connectivity index (χ3v) is 1.23. The summed E-state index contributed by atoms with van der Waals surface area (Å²) < 4.78 is 4.90. The summed E-state index contributed by atoms with van der Waals surface area (Å²) in [5.74, 6) is 0. The smallest absolute Gasteiger partial charge is 0.184 e. The number of aliphatic hydroxyl groups is 1. The van der Waals surface area contributed by atoms with Gasteiger partial charge >= 0.3 is 0 Å². The molecule has 11 heavy (non-hydrogen) atoms. The Morgan fingerprint density at radius 1 is 1.55 bits per heavy atom. The van der Waals surface area contributed by atoms with Crippen molar-refractivity contribution >= 4 is 9.76 Å². The number of nitrogens with zero attached hydrogens (tertiary/aromatic N) is 1. The van der Waals surface area contributed by atoms with Gasteiger partial charge in [-0.1, -0.05) is 5.70 Å².